The third-order valence-corrected chi connectivity index (χ3v) is 3.07. The monoisotopic (exact) mass is 301 g/mol. The number of hydrogen-bond donors (Lipinski definition) is 0. The van der Waals surface area contributed by atoms with Crippen LogP contribution in [-0.4, -0.2) is 45.2 Å². The zero-order valence-corrected chi connectivity index (χ0v) is 11.8. The van der Waals surface area contributed by atoms with Crippen molar-refractivity contribution in [2.45, 2.75) is 0 Å². The van der Waals surface area contributed by atoms with Crippen LogP contribution in [-0.2, 0) is 4.74 Å². The molecule has 0 fully saturated rings. The summed E-state index contributed by atoms with van der Waals surface area (Å²) in [5.74, 6) is 0.601. The Morgan fingerprint density at radius 2 is 2.12 bits per heavy atom. The molecule has 17 heavy (non-hydrogen) atoms. The van der Waals surface area contributed by atoms with Crippen LogP contribution in [0.5, 0.6) is 5.75 Å². The summed E-state index contributed by atoms with van der Waals surface area (Å²) in [5.41, 5.74) is 0.586. The third-order valence-electron chi connectivity index (χ3n) is 2.38. The summed E-state index contributed by atoms with van der Waals surface area (Å²) < 4.78 is 10.8. The maximum Gasteiger partial charge on any atom is 0.254 e. The molecular weight excluding hydrogens is 286 g/mol. The van der Waals surface area contributed by atoms with Gasteiger partial charge in [-0.1, -0.05) is 0 Å². The van der Waals surface area contributed by atoms with Gasteiger partial charge in [-0.15, -0.1) is 0 Å². The number of halogens is 1. The molecule has 0 aromatic heterocycles. The highest BCUT2D eigenvalue weighted by Crippen LogP contribution is 2.23. The van der Waals surface area contributed by atoms with Crippen molar-refractivity contribution in [1.82, 2.24) is 4.90 Å². The highest BCUT2D eigenvalue weighted by atomic mass is 79.9. The lowest BCUT2D eigenvalue weighted by Gasteiger charge is -2.17. The first kappa shape index (κ1) is 14.0. The summed E-state index contributed by atoms with van der Waals surface area (Å²) in [7, 11) is 4.93. The van der Waals surface area contributed by atoms with Gasteiger partial charge in [0.25, 0.3) is 5.91 Å². The molecule has 1 aromatic carbocycles. The zero-order chi connectivity index (χ0) is 12.8. The van der Waals surface area contributed by atoms with E-state index in [0.717, 1.165) is 4.47 Å². The van der Waals surface area contributed by atoms with Gasteiger partial charge in [0.15, 0.2) is 0 Å². The van der Waals surface area contributed by atoms with Crippen molar-refractivity contribution in [1.29, 1.82) is 0 Å². The number of rotatable bonds is 5. The SMILES string of the molecule is COCCN(C)C(=O)c1cc(OC)ccc1Br. The standard InChI is InChI=1S/C12H16BrNO3/c1-14(6-7-16-2)12(15)10-8-9(17-3)4-5-11(10)13/h4-5,8H,6-7H2,1-3H3. The zero-order valence-electron chi connectivity index (χ0n) is 10.2. The van der Waals surface area contributed by atoms with Crippen LogP contribution in [0.15, 0.2) is 22.7 Å². The van der Waals surface area contributed by atoms with Gasteiger partial charge in [0.1, 0.15) is 5.75 Å². The first-order valence-corrected chi connectivity index (χ1v) is 5.97. The lowest BCUT2D eigenvalue weighted by Crippen LogP contribution is -2.30. The van der Waals surface area contributed by atoms with Crippen LogP contribution >= 0.6 is 15.9 Å². The average Bonchev–Trinajstić information content (AvgIpc) is 2.35. The number of benzene rings is 1. The van der Waals surface area contributed by atoms with Crippen molar-refractivity contribution >= 4 is 21.8 Å². The fourth-order valence-corrected chi connectivity index (χ4v) is 1.75. The molecule has 94 valence electrons. The first-order valence-electron chi connectivity index (χ1n) is 5.18. The number of nitrogens with zero attached hydrogens (tertiary/aromatic N) is 1. The van der Waals surface area contributed by atoms with E-state index in [1.165, 1.54) is 0 Å². The summed E-state index contributed by atoms with van der Waals surface area (Å²) in [6.07, 6.45) is 0. The van der Waals surface area contributed by atoms with E-state index >= 15 is 0 Å². The van der Waals surface area contributed by atoms with Crippen molar-refractivity contribution in [3.8, 4) is 5.75 Å². The molecule has 0 aliphatic carbocycles. The Bertz CT molecular complexity index is 395. The van der Waals surface area contributed by atoms with Crippen molar-refractivity contribution in [2.75, 3.05) is 34.4 Å². The minimum absolute atomic E-state index is 0.0622. The molecule has 0 radical (unpaired) electrons. The number of carbonyl (C=O) groups excluding carboxylic acids is 1. The molecule has 0 spiro atoms. The molecule has 0 aliphatic rings. The molecule has 0 atom stereocenters. The molecule has 5 heteroatoms. The van der Waals surface area contributed by atoms with Crippen LogP contribution in [0.2, 0.25) is 0 Å². The molecule has 0 saturated carbocycles. The summed E-state index contributed by atoms with van der Waals surface area (Å²) >= 11 is 3.36. The second-order valence-corrected chi connectivity index (χ2v) is 4.42. The second kappa shape index (κ2) is 6.61. The summed E-state index contributed by atoms with van der Waals surface area (Å²) in [6, 6.07) is 5.32. The van der Waals surface area contributed by atoms with E-state index in [2.05, 4.69) is 15.9 Å². The van der Waals surface area contributed by atoms with Crippen molar-refractivity contribution in [3.63, 3.8) is 0 Å². The number of methoxy groups -OCH3 is 2. The number of ether oxygens (including phenoxy) is 2. The molecule has 1 aromatic rings. The van der Waals surface area contributed by atoms with Gasteiger partial charge >= 0.3 is 0 Å². The van der Waals surface area contributed by atoms with Crippen molar-refractivity contribution in [2.24, 2.45) is 0 Å². The number of hydrogen-bond acceptors (Lipinski definition) is 3. The average molecular weight is 302 g/mol. The molecule has 0 unspecified atom stereocenters. The Balaban J connectivity index is 2.87. The van der Waals surface area contributed by atoms with Crippen LogP contribution in [0.25, 0.3) is 0 Å². The highest BCUT2D eigenvalue weighted by Gasteiger charge is 2.15. The Kier molecular flexibility index (Phi) is 5.44. The molecule has 1 rings (SSSR count). The molecule has 0 aliphatic heterocycles. The lowest BCUT2D eigenvalue weighted by molar-refractivity contribution is 0.0743. The van der Waals surface area contributed by atoms with E-state index in [1.807, 2.05) is 0 Å². The minimum Gasteiger partial charge on any atom is -0.497 e. The molecular formula is C12H16BrNO3. The summed E-state index contributed by atoms with van der Waals surface area (Å²) in [5, 5.41) is 0. The van der Waals surface area contributed by atoms with Gasteiger partial charge in [-0.3, -0.25) is 4.79 Å². The molecule has 1 amide bonds. The van der Waals surface area contributed by atoms with Gasteiger partial charge in [-0.2, -0.15) is 0 Å². The van der Waals surface area contributed by atoms with Gasteiger partial charge in [-0.05, 0) is 34.1 Å². The van der Waals surface area contributed by atoms with Crippen molar-refractivity contribution < 1.29 is 14.3 Å². The topological polar surface area (TPSA) is 38.8 Å². The number of amides is 1. The highest BCUT2D eigenvalue weighted by molar-refractivity contribution is 9.10. The summed E-state index contributed by atoms with van der Waals surface area (Å²) in [4.78, 5) is 13.7. The predicted molar refractivity (Wildman–Crippen MR) is 69.5 cm³/mol. The van der Waals surface area contributed by atoms with E-state index in [1.54, 1.807) is 44.4 Å². The molecule has 4 nitrogen and oxygen atoms in total. The summed E-state index contributed by atoms with van der Waals surface area (Å²) in [6.45, 7) is 1.07. The first-order chi connectivity index (χ1) is 8.10. The molecule has 0 bridgehead atoms. The smallest absolute Gasteiger partial charge is 0.254 e. The third kappa shape index (κ3) is 3.71. The van der Waals surface area contributed by atoms with Crippen LogP contribution in [0.3, 0.4) is 0 Å². The lowest BCUT2D eigenvalue weighted by atomic mass is 10.2. The van der Waals surface area contributed by atoms with E-state index in [9.17, 15) is 4.79 Å². The number of likely N-dealkylation sites (N-methyl/N-ethyl adjacent to an activating group) is 1. The Morgan fingerprint density at radius 1 is 1.41 bits per heavy atom. The van der Waals surface area contributed by atoms with Crippen LogP contribution in [0, 0.1) is 0 Å². The van der Waals surface area contributed by atoms with Crippen LogP contribution < -0.4 is 4.74 Å². The fourth-order valence-electron chi connectivity index (χ4n) is 1.33. The van der Waals surface area contributed by atoms with E-state index in [-0.39, 0.29) is 5.91 Å². The minimum atomic E-state index is -0.0622. The Morgan fingerprint density at radius 3 is 2.71 bits per heavy atom. The van der Waals surface area contributed by atoms with Crippen LogP contribution in [0.1, 0.15) is 10.4 Å². The molecule has 0 saturated heterocycles. The maximum atomic E-state index is 12.1. The van der Waals surface area contributed by atoms with Gasteiger partial charge in [0.05, 0.1) is 19.3 Å². The van der Waals surface area contributed by atoms with Crippen LogP contribution in [0.4, 0.5) is 0 Å². The molecule has 0 N–H and O–H groups in total. The van der Waals surface area contributed by atoms with Gasteiger partial charge < -0.3 is 14.4 Å². The maximum absolute atomic E-state index is 12.1. The van der Waals surface area contributed by atoms with Gasteiger partial charge in [-0.25, -0.2) is 0 Å². The Hall–Kier alpha value is -1.07. The van der Waals surface area contributed by atoms with E-state index in [4.69, 9.17) is 9.47 Å². The predicted octanol–water partition coefficient (Wildman–Crippen LogP) is 2.18. The fraction of sp³-hybridized carbons (Fsp3) is 0.417. The van der Waals surface area contributed by atoms with E-state index < -0.39 is 0 Å². The van der Waals surface area contributed by atoms with E-state index in [0.29, 0.717) is 24.5 Å². The van der Waals surface area contributed by atoms with Gasteiger partial charge in [0.2, 0.25) is 0 Å². The largest absolute Gasteiger partial charge is 0.497 e. The Labute approximate surface area is 110 Å². The number of carbonyl (C=O) groups is 1. The second-order valence-electron chi connectivity index (χ2n) is 3.57. The van der Waals surface area contributed by atoms with Crippen molar-refractivity contribution in [3.05, 3.63) is 28.2 Å². The quantitative estimate of drug-likeness (QED) is 0.837. The van der Waals surface area contributed by atoms with Gasteiger partial charge in [0, 0.05) is 25.2 Å². The molecule has 0 heterocycles. The normalized spacial score (nSPS) is 10.1.